The van der Waals surface area contributed by atoms with E-state index in [1.54, 1.807) is 36.4 Å². The van der Waals surface area contributed by atoms with Gasteiger partial charge in [-0.2, -0.15) is 0 Å². The van der Waals surface area contributed by atoms with Gasteiger partial charge in [0.2, 0.25) is 0 Å². The topological polar surface area (TPSA) is 91.3 Å². The Morgan fingerprint density at radius 2 is 1.55 bits per heavy atom. The molecule has 0 aliphatic carbocycles. The molecule has 0 bridgehead atoms. The van der Waals surface area contributed by atoms with Gasteiger partial charge in [0.05, 0.1) is 6.04 Å². The van der Waals surface area contributed by atoms with Crippen LogP contribution in [0.2, 0.25) is 0 Å². The Kier molecular flexibility index (Phi) is 8.92. The molecule has 0 saturated carbocycles. The third-order valence-corrected chi connectivity index (χ3v) is 4.66. The number of nitrogens with zero attached hydrogens (tertiary/aromatic N) is 1. The van der Waals surface area contributed by atoms with Gasteiger partial charge in [0.15, 0.2) is 9.67 Å². The number of pyridine rings is 1. The Bertz CT molecular complexity index is 835. The van der Waals surface area contributed by atoms with E-state index in [0.29, 0.717) is 5.56 Å². The van der Waals surface area contributed by atoms with Gasteiger partial charge in [0.1, 0.15) is 18.6 Å². The number of aliphatic hydroxyl groups excluding tert-OH is 1. The first kappa shape index (κ1) is 23.6. The van der Waals surface area contributed by atoms with Crippen molar-refractivity contribution >= 4 is 64.0 Å². The third kappa shape index (κ3) is 6.69. The largest absolute Gasteiger partial charge is 0.386 e. The van der Waals surface area contributed by atoms with Crippen molar-refractivity contribution in [2.75, 3.05) is 12.0 Å². The van der Waals surface area contributed by atoms with Crippen LogP contribution in [0.25, 0.3) is 11.1 Å². The van der Waals surface area contributed by atoms with Crippen molar-refractivity contribution in [3.63, 3.8) is 0 Å². The molecule has 2 amide bonds. The number of anilines is 1. The van der Waals surface area contributed by atoms with Gasteiger partial charge >= 0.3 is 0 Å². The zero-order valence-corrected chi connectivity index (χ0v) is 17.7. The number of nitrogens with one attached hydrogen (secondary N) is 2. The summed E-state index contributed by atoms with van der Waals surface area (Å²) in [7, 11) is 0. The van der Waals surface area contributed by atoms with Crippen LogP contribution < -0.4 is 10.6 Å². The highest BCUT2D eigenvalue weighted by Crippen LogP contribution is 2.24. The minimum atomic E-state index is -1.36. The van der Waals surface area contributed by atoms with E-state index >= 15 is 0 Å². The standard InChI is InChI=1S/C18H16Cl4FN3O3/c19-15(20)17(28)25-12(7-23)14(27)10-3-1-9(2-4-10)11-5-6-13(24-8-11)26-18(29)16(21)22/h1-6,8,12,14-16,27H,7H2,(H,25,28)(H,24,26,29). The molecule has 0 fully saturated rings. The van der Waals surface area contributed by atoms with Crippen LogP contribution in [0.15, 0.2) is 42.6 Å². The SMILES string of the molecule is O=C(Nc1ccc(-c2ccc(C(O)C(CF)NC(=O)C(Cl)Cl)cc2)cn1)C(Cl)Cl. The number of benzene rings is 1. The number of amides is 2. The van der Waals surface area contributed by atoms with Crippen LogP contribution in [-0.4, -0.2) is 44.3 Å². The average Bonchev–Trinajstić information content (AvgIpc) is 2.71. The number of alkyl halides is 5. The van der Waals surface area contributed by atoms with Crippen molar-refractivity contribution < 1.29 is 19.1 Å². The number of rotatable bonds is 8. The number of carbonyl (C=O) groups excluding carboxylic acids is 2. The van der Waals surface area contributed by atoms with Crippen LogP contribution in [0.3, 0.4) is 0 Å². The van der Waals surface area contributed by atoms with E-state index in [4.69, 9.17) is 46.4 Å². The number of hydrogen-bond donors (Lipinski definition) is 3. The lowest BCUT2D eigenvalue weighted by molar-refractivity contribution is -0.121. The molecule has 2 atom stereocenters. The molecule has 2 unspecified atom stereocenters. The van der Waals surface area contributed by atoms with Crippen LogP contribution in [0.1, 0.15) is 11.7 Å². The summed E-state index contributed by atoms with van der Waals surface area (Å²) in [4.78, 5) is 24.5. The van der Waals surface area contributed by atoms with Gasteiger partial charge in [0.25, 0.3) is 11.8 Å². The quantitative estimate of drug-likeness (QED) is 0.499. The summed E-state index contributed by atoms with van der Waals surface area (Å²) < 4.78 is 13.2. The lowest BCUT2D eigenvalue weighted by Crippen LogP contribution is -2.43. The maximum Gasteiger partial charge on any atom is 0.258 e. The van der Waals surface area contributed by atoms with Gasteiger partial charge in [-0.15, -0.1) is 0 Å². The van der Waals surface area contributed by atoms with Crippen LogP contribution in [-0.2, 0) is 9.59 Å². The monoisotopic (exact) mass is 481 g/mol. The zero-order valence-electron chi connectivity index (χ0n) is 14.7. The first-order valence-corrected chi connectivity index (χ1v) is 9.95. The highest BCUT2D eigenvalue weighted by molar-refractivity contribution is 6.54. The zero-order chi connectivity index (χ0) is 21.6. The summed E-state index contributed by atoms with van der Waals surface area (Å²) in [5, 5.41) is 15.0. The second-order valence-corrected chi connectivity index (χ2v) is 8.05. The van der Waals surface area contributed by atoms with E-state index < -0.39 is 40.3 Å². The van der Waals surface area contributed by atoms with Gasteiger partial charge in [-0.3, -0.25) is 9.59 Å². The molecular formula is C18H16Cl4FN3O3. The summed E-state index contributed by atoms with van der Waals surface area (Å²) >= 11 is 21.8. The van der Waals surface area contributed by atoms with Crippen molar-refractivity contribution in [1.82, 2.24) is 10.3 Å². The Morgan fingerprint density at radius 3 is 2.03 bits per heavy atom. The van der Waals surface area contributed by atoms with E-state index in [1.165, 1.54) is 6.20 Å². The molecule has 0 aliphatic heterocycles. The van der Waals surface area contributed by atoms with Gasteiger partial charge in [0, 0.05) is 11.8 Å². The summed E-state index contributed by atoms with van der Waals surface area (Å²) in [5.41, 5.74) is 1.89. The van der Waals surface area contributed by atoms with Gasteiger partial charge in [-0.05, 0) is 23.3 Å². The molecule has 1 aromatic heterocycles. The van der Waals surface area contributed by atoms with E-state index in [2.05, 4.69) is 15.6 Å². The Balaban J connectivity index is 2.09. The summed E-state index contributed by atoms with van der Waals surface area (Å²) in [6, 6.07) is 8.69. The Morgan fingerprint density at radius 1 is 0.966 bits per heavy atom. The maximum atomic E-state index is 13.2. The Labute approximate surface area is 186 Å². The number of carbonyl (C=O) groups is 2. The van der Waals surface area contributed by atoms with Crippen molar-refractivity contribution in [1.29, 1.82) is 0 Å². The molecule has 0 saturated heterocycles. The van der Waals surface area contributed by atoms with E-state index in [1.807, 2.05) is 0 Å². The van der Waals surface area contributed by atoms with Gasteiger partial charge in [-0.1, -0.05) is 70.7 Å². The fourth-order valence-corrected chi connectivity index (χ4v) is 2.61. The second kappa shape index (κ2) is 10.9. The van der Waals surface area contributed by atoms with Crippen molar-refractivity contribution in [2.45, 2.75) is 21.8 Å². The second-order valence-electron chi connectivity index (χ2n) is 5.86. The molecule has 0 aliphatic rings. The fraction of sp³-hybridized carbons (Fsp3) is 0.278. The van der Waals surface area contributed by atoms with Gasteiger partial charge < -0.3 is 15.7 Å². The van der Waals surface area contributed by atoms with Crippen molar-refractivity contribution in [3.05, 3.63) is 48.2 Å². The summed E-state index contributed by atoms with van der Waals surface area (Å²) in [5.74, 6) is -1.09. The molecule has 1 heterocycles. The number of aliphatic hydroxyl groups is 1. The first-order chi connectivity index (χ1) is 13.7. The molecule has 1 aromatic carbocycles. The highest BCUT2D eigenvalue weighted by Gasteiger charge is 2.25. The summed E-state index contributed by atoms with van der Waals surface area (Å²) in [6.07, 6.45) is 0.240. The highest BCUT2D eigenvalue weighted by atomic mass is 35.5. The molecule has 0 spiro atoms. The predicted molar refractivity (Wildman–Crippen MR) is 112 cm³/mol. The molecule has 0 radical (unpaired) electrons. The van der Waals surface area contributed by atoms with Crippen LogP contribution >= 0.6 is 46.4 Å². The molecule has 2 aromatic rings. The minimum Gasteiger partial charge on any atom is -0.386 e. The van der Waals surface area contributed by atoms with E-state index in [9.17, 15) is 19.1 Å². The Hall–Kier alpha value is -1.64. The van der Waals surface area contributed by atoms with E-state index in [0.717, 1.165) is 11.1 Å². The first-order valence-electron chi connectivity index (χ1n) is 8.21. The molecule has 2 rings (SSSR count). The predicted octanol–water partition coefficient (Wildman–Crippen LogP) is 3.78. The number of hydrogen-bond acceptors (Lipinski definition) is 4. The maximum absolute atomic E-state index is 13.2. The van der Waals surface area contributed by atoms with Crippen molar-refractivity contribution in [3.8, 4) is 11.1 Å². The minimum absolute atomic E-state index is 0.288. The molecular weight excluding hydrogens is 467 g/mol. The van der Waals surface area contributed by atoms with Crippen LogP contribution in [0, 0.1) is 0 Å². The number of halogens is 5. The van der Waals surface area contributed by atoms with Crippen molar-refractivity contribution in [2.24, 2.45) is 0 Å². The number of aromatic nitrogens is 1. The average molecular weight is 483 g/mol. The molecule has 3 N–H and O–H groups in total. The lowest BCUT2D eigenvalue weighted by atomic mass is 9.99. The third-order valence-electron chi connectivity index (χ3n) is 3.87. The fourth-order valence-electron chi connectivity index (χ4n) is 2.37. The van der Waals surface area contributed by atoms with Gasteiger partial charge in [-0.25, -0.2) is 9.37 Å². The van der Waals surface area contributed by atoms with Crippen LogP contribution in [0.4, 0.5) is 10.2 Å². The smallest absolute Gasteiger partial charge is 0.258 e. The molecule has 156 valence electrons. The normalized spacial score (nSPS) is 13.2. The van der Waals surface area contributed by atoms with Crippen LogP contribution in [0.5, 0.6) is 0 Å². The molecule has 29 heavy (non-hydrogen) atoms. The molecule has 6 nitrogen and oxygen atoms in total. The van der Waals surface area contributed by atoms with E-state index in [-0.39, 0.29) is 5.82 Å². The molecule has 11 heteroatoms. The lowest BCUT2D eigenvalue weighted by Gasteiger charge is -2.22. The summed E-state index contributed by atoms with van der Waals surface area (Å²) in [6.45, 7) is -1.00.